The van der Waals surface area contributed by atoms with Gasteiger partial charge in [-0.1, -0.05) is 11.3 Å². The summed E-state index contributed by atoms with van der Waals surface area (Å²) in [6.45, 7) is 1.70. The number of ether oxygens (including phenoxy) is 4. The number of hydrogen-bond acceptors (Lipinski definition) is 9. The van der Waals surface area contributed by atoms with Gasteiger partial charge < -0.3 is 23.5 Å². The number of anilines is 1. The van der Waals surface area contributed by atoms with Crippen LogP contribution >= 0.6 is 11.3 Å². The van der Waals surface area contributed by atoms with Crippen molar-refractivity contribution in [3.05, 3.63) is 71.0 Å². The van der Waals surface area contributed by atoms with Gasteiger partial charge in [0, 0.05) is 11.3 Å². The molecule has 0 aliphatic carbocycles. The number of nitrogens with zero attached hydrogens (tertiary/aromatic N) is 2. The monoisotopic (exact) mass is 585 g/mol. The minimum Gasteiger partial charge on any atom is -0.497 e. The minimum absolute atomic E-state index is 0.0604. The predicted octanol–water partition coefficient (Wildman–Crippen LogP) is 3.83. The first-order valence-corrected chi connectivity index (χ1v) is 14.3. The fourth-order valence-electron chi connectivity index (χ4n) is 3.82. The van der Waals surface area contributed by atoms with Crippen LogP contribution in [0.3, 0.4) is 0 Å². The van der Waals surface area contributed by atoms with E-state index in [4.69, 9.17) is 18.9 Å². The summed E-state index contributed by atoms with van der Waals surface area (Å²) in [5, 5.41) is 0. The highest BCUT2D eigenvalue weighted by Crippen LogP contribution is 2.35. The van der Waals surface area contributed by atoms with Crippen LogP contribution in [0, 0.1) is 0 Å². The van der Waals surface area contributed by atoms with E-state index < -0.39 is 21.9 Å². The number of aromatic nitrogens is 1. The molecule has 1 aromatic heterocycles. The molecule has 0 saturated carbocycles. The number of hydrogen-bond donors (Lipinski definition) is 1. The van der Waals surface area contributed by atoms with Crippen LogP contribution in [0.25, 0.3) is 10.2 Å². The number of rotatable bonds is 10. The smallest absolute Gasteiger partial charge is 0.326 e. The van der Waals surface area contributed by atoms with Crippen molar-refractivity contribution in [1.82, 2.24) is 4.57 Å². The molecule has 0 spiro atoms. The van der Waals surface area contributed by atoms with Gasteiger partial charge in [0.15, 0.2) is 4.80 Å². The number of methoxy groups -OCH3 is 3. The lowest BCUT2D eigenvalue weighted by molar-refractivity contribution is -0.143. The van der Waals surface area contributed by atoms with Crippen LogP contribution in [0.2, 0.25) is 0 Å². The van der Waals surface area contributed by atoms with E-state index >= 15 is 0 Å². The van der Waals surface area contributed by atoms with Gasteiger partial charge in [0.1, 0.15) is 34.0 Å². The van der Waals surface area contributed by atoms with E-state index in [1.165, 1.54) is 57.7 Å². The topological polar surface area (TPSA) is 135 Å². The van der Waals surface area contributed by atoms with E-state index in [1.807, 2.05) is 0 Å². The Hall–Kier alpha value is -4.36. The SMILES string of the molecule is CCOC(=O)Cn1c(=NC(=O)c2ccc(NS(=O)(=O)c3ccc(OC)cc3)cc2)sc2c(OC)ccc(OC)c21. The minimum atomic E-state index is -3.85. The number of nitrogens with one attached hydrogen (secondary N) is 1. The number of amides is 1. The largest absolute Gasteiger partial charge is 0.497 e. The Bertz CT molecular complexity index is 1710. The number of benzene rings is 3. The lowest BCUT2D eigenvalue weighted by Gasteiger charge is -2.10. The maximum atomic E-state index is 13.1. The Morgan fingerprint density at radius 2 is 1.55 bits per heavy atom. The standard InChI is InChI=1S/C27H27N3O8S2/c1-5-38-23(31)16-30-24-21(36-3)14-15-22(37-4)25(24)39-27(30)28-26(32)17-6-8-18(9-7-17)29-40(33,34)20-12-10-19(35-2)11-13-20/h6-15,29H,5,16H2,1-4H3. The van der Waals surface area contributed by atoms with Crippen molar-refractivity contribution >= 4 is 49.1 Å². The van der Waals surface area contributed by atoms with Crippen LogP contribution < -0.4 is 23.7 Å². The Kier molecular flexibility index (Phi) is 8.75. The first-order chi connectivity index (χ1) is 19.2. The molecule has 0 aliphatic rings. The van der Waals surface area contributed by atoms with Gasteiger partial charge in [0.2, 0.25) is 0 Å². The van der Waals surface area contributed by atoms with Gasteiger partial charge in [-0.2, -0.15) is 4.99 Å². The summed E-state index contributed by atoms with van der Waals surface area (Å²) in [4.78, 5) is 30.1. The zero-order valence-electron chi connectivity index (χ0n) is 22.2. The van der Waals surface area contributed by atoms with Gasteiger partial charge in [-0.15, -0.1) is 0 Å². The van der Waals surface area contributed by atoms with Gasteiger partial charge in [-0.3, -0.25) is 14.3 Å². The van der Waals surface area contributed by atoms with Crippen LogP contribution in [0.5, 0.6) is 17.2 Å². The second kappa shape index (κ2) is 12.2. The van der Waals surface area contributed by atoms with Crippen molar-refractivity contribution in [2.75, 3.05) is 32.7 Å². The number of thiazole rings is 1. The molecule has 0 unspecified atom stereocenters. The van der Waals surface area contributed by atoms with Crippen molar-refractivity contribution in [2.45, 2.75) is 18.4 Å². The van der Waals surface area contributed by atoms with E-state index in [-0.39, 0.29) is 34.1 Å². The van der Waals surface area contributed by atoms with E-state index in [1.54, 1.807) is 35.8 Å². The quantitative estimate of drug-likeness (QED) is 0.278. The first-order valence-electron chi connectivity index (χ1n) is 12.0. The molecule has 4 rings (SSSR count). The summed E-state index contributed by atoms with van der Waals surface area (Å²) in [5.41, 5.74) is 1.02. The molecular formula is C27H27N3O8S2. The molecular weight excluding hydrogens is 558 g/mol. The fourth-order valence-corrected chi connectivity index (χ4v) is 6.02. The summed E-state index contributed by atoms with van der Waals surface area (Å²) >= 11 is 1.16. The van der Waals surface area contributed by atoms with Gasteiger partial charge in [-0.05, 0) is 67.6 Å². The summed E-state index contributed by atoms with van der Waals surface area (Å²) in [6.07, 6.45) is 0. The zero-order chi connectivity index (χ0) is 28.9. The number of carbonyl (C=O) groups excluding carboxylic acids is 2. The van der Waals surface area contributed by atoms with E-state index in [0.717, 1.165) is 11.3 Å². The average Bonchev–Trinajstić information content (AvgIpc) is 3.30. The maximum Gasteiger partial charge on any atom is 0.326 e. The molecule has 0 saturated heterocycles. The van der Waals surface area contributed by atoms with Crippen LogP contribution in [0.15, 0.2) is 70.6 Å². The molecule has 40 heavy (non-hydrogen) atoms. The third-order valence-electron chi connectivity index (χ3n) is 5.74. The molecule has 1 heterocycles. The molecule has 210 valence electrons. The second-order valence-corrected chi connectivity index (χ2v) is 10.9. The Morgan fingerprint density at radius 3 is 2.15 bits per heavy atom. The summed E-state index contributed by atoms with van der Waals surface area (Å²) in [7, 11) is 0.655. The van der Waals surface area contributed by atoms with Crippen molar-refractivity contribution in [3.8, 4) is 17.2 Å². The Balaban J connectivity index is 1.67. The molecule has 13 heteroatoms. The van der Waals surface area contributed by atoms with Gasteiger partial charge >= 0.3 is 5.97 Å². The highest BCUT2D eigenvalue weighted by Gasteiger charge is 2.20. The maximum absolute atomic E-state index is 13.1. The average molecular weight is 586 g/mol. The van der Waals surface area contributed by atoms with Crippen LogP contribution in [0.4, 0.5) is 5.69 Å². The van der Waals surface area contributed by atoms with E-state index in [0.29, 0.717) is 27.5 Å². The molecule has 0 atom stereocenters. The summed E-state index contributed by atoms with van der Waals surface area (Å²) in [6, 6.07) is 15.2. The molecule has 1 amide bonds. The van der Waals surface area contributed by atoms with Gasteiger partial charge in [-0.25, -0.2) is 8.42 Å². The molecule has 0 fully saturated rings. The third kappa shape index (κ3) is 6.10. The molecule has 11 nitrogen and oxygen atoms in total. The number of carbonyl (C=O) groups is 2. The van der Waals surface area contributed by atoms with Gasteiger partial charge in [0.25, 0.3) is 15.9 Å². The summed E-state index contributed by atoms with van der Waals surface area (Å²) < 4.78 is 51.3. The van der Waals surface area contributed by atoms with Crippen molar-refractivity contribution in [3.63, 3.8) is 0 Å². The third-order valence-corrected chi connectivity index (χ3v) is 8.23. The molecule has 0 bridgehead atoms. The van der Waals surface area contributed by atoms with Crippen molar-refractivity contribution < 1.29 is 37.0 Å². The first kappa shape index (κ1) is 28.6. The van der Waals surface area contributed by atoms with Crippen LogP contribution in [-0.2, 0) is 26.1 Å². The normalized spacial score (nSPS) is 11.8. The Morgan fingerprint density at radius 1 is 0.900 bits per heavy atom. The number of fused-ring (bicyclic) bond motifs is 1. The second-order valence-electron chi connectivity index (χ2n) is 8.20. The van der Waals surface area contributed by atoms with Crippen LogP contribution in [-0.4, -0.2) is 52.8 Å². The Labute approximate surface area is 234 Å². The molecule has 1 N–H and O–H groups in total. The molecule has 3 aromatic carbocycles. The highest BCUT2D eigenvalue weighted by atomic mass is 32.2. The van der Waals surface area contributed by atoms with Crippen molar-refractivity contribution in [1.29, 1.82) is 0 Å². The lowest BCUT2D eigenvalue weighted by Crippen LogP contribution is -2.23. The number of sulfonamides is 1. The number of esters is 1. The highest BCUT2D eigenvalue weighted by molar-refractivity contribution is 7.92. The van der Waals surface area contributed by atoms with E-state index in [2.05, 4.69) is 9.71 Å². The van der Waals surface area contributed by atoms with E-state index in [9.17, 15) is 18.0 Å². The van der Waals surface area contributed by atoms with Gasteiger partial charge in [0.05, 0.1) is 32.8 Å². The van der Waals surface area contributed by atoms with Crippen LogP contribution in [0.1, 0.15) is 17.3 Å². The predicted molar refractivity (Wildman–Crippen MR) is 150 cm³/mol. The summed E-state index contributed by atoms with van der Waals surface area (Å²) in [5.74, 6) is 0.436. The molecule has 0 radical (unpaired) electrons. The fraction of sp³-hybridized carbons (Fsp3) is 0.222. The zero-order valence-corrected chi connectivity index (χ0v) is 23.8. The molecule has 4 aromatic rings. The van der Waals surface area contributed by atoms with Crippen molar-refractivity contribution in [2.24, 2.45) is 4.99 Å². The lowest BCUT2D eigenvalue weighted by atomic mass is 10.2. The molecule has 0 aliphatic heterocycles.